The minimum Gasteiger partial charge on any atom is -0.348 e. The van der Waals surface area contributed by atoms with Gasteiger partial charge in [-0.1, -0.05) is 25.3 Å². The van der Waals surface area contributed by atoms with Crippen molar-refractivity contribution in [2.75, 3.05) is 13.6 Å². The van der Waals surface area contributed by atoms with Gasteiger partial charge in [-0.15, -0.1) is 11.3 Å². The average molecular weight is 421 g/mol. The molecule has 152 valence electrons. The van der Waals surface area contributed by atoms with Crippen molar-refractivity contribution in [1.82, 2.24) is 19.7 Å². The number of thiophene rings is 1. The molecule has 6 nitrogen and oxygen atoms in total. The van der Waals surface area contributed by atoms with Crippen LogP contribution in [0.3, 0.4) is 0 Å². The molecule has 0 aliphatic heterocycles. The molecule has 0 saturated heterocycles. The minimum absolute atomic E-state index is 0.122. The van der Waals surface area contributed by atoms with Crippen LogP contribution >= 0.6 is 23.6 Å². The number of nitrogens with zero attached hydrogens (tertiary/aromatic N) is 3. The quantitative estimate of drug-likeness (QED) is 0.645. The summed E-state index contributed by atoms with van der Waals surface area (Å²) in [6.07, 6.45) is 9.29. The van der Waals surface area contributed by atoms with E-state index in [1.807, 2.05) is 11.7 Å². The van der Waals surface area contributed by atoms with Crippen LogP contribution in [0.25, 0.3) is 0 Å². The highest BCUT2D eigenvalue weighted by atomic mass is 32.1. The van der Waals surface area contributed by atoms with E-state index in [1.54, 1.807) is 11.3 Å². The zero-order chi connectivity index (χ0) is 19.5. The first-order valence-electron chi connectivity index (χ1n) is 10.4. The van der Waals surface area contributed by atoms with Gasteiger partial charge in [-0.05, 0) is 49.3 Å². The molecule has 2 fully saturated rings. The zero-order valence-electron chi connectivity index (χ0n) is 16.5. The Morgan fingerprint density at radius 3 is 2.79 bits per heavy atom. The van der Waals surface area contributed by atoms with Crippen LogP contribution in [0.1, 0.15) is 61.7 Å². The lowest BCUT2D eigenvalue weighted by Crippen LogP contribution is -3.09. The van der Waals surface area contributed by atoms with Gasteiger partial charge in [0.1, 0.15) is 5.82 Å². The van der Waals surface area contributed by atoms with E-state index in [1.165, 1.54) is 37.0 Å². The smallest absolute Gasteiger partial charge is 0.275 e. The predicted molar refractivity (Wildman–Crippen MR) is 113 cm³/mol. The van der Waals surface area contributed by atoms with Gasteiger partial charge in [-0.2, -0.15) is 9.78 Å². The van der Waals surface area contributed by atoms with Crippen LogP contribution in [-0.4, -0.2) is 39.9 Å². The van der Waals surface area contributed by atoms with E-state index in [0.29, 0.717) is 25.3 Å². The molecule has 0 spiro atoms. The van der Waals surface area contributed by atoms with Gasteiger partial charge in [0.15, 0.2) is 13.2 Å². The molecule has 0 aromatic carbocycles. The first-order chi connectivity index (χ1) is 13.6. The molecule has 2 N–H and O–H groups in total. The van der Waals surface area contributed by atoms with Crippen LogP contribution in [0.5, 0.6) is 0 Å². The van der Waals surface area contributed by atoms with Crippen LogP contribution in [0.15, 0.2) is 17.5 Å². The van der Waals surface area contributed by atoms with Crippen LogP contribution in [0.2, 0.25) is 0 Å². The monoisotopic (exact) mass is 420 g/mol. The van der Waals surface area contributed by atoms with Crippen molar-refractivity contribution in [2.45, 2.75) is 70.1 Å². The normalized spacial score (nSPS) is 18.9. The van der Waals surface area contributed by atoms with E-state index in [2.05, 4.69) is 27.4 Å². The van der Waals surface area contributed by atoms with Gasteiger partial charge in [0.2, 0.25) is 4.77 Å². The molecule has 4 rings (SSSR count). The SMILES string of the molecule is C[NH+](CC(=O)NC1CC1)Cn1nc(Cc2cccs2)n(C2CCCCC2)c1=S. The number of amides is 1. The van der Waals surface area contributed by atoms with Crippen LogP contribution in [0, 0.1) is 4.77 Å². The number of nitrogens with one attached hydrogen (secondary N) is 2. The van der Waals surface area contributed by atoms with Crippen molar-refractivity contribution in [2.24, 2.45) is 0 Å². The number of carbonyl (C=O) groups excluding carboxylic acids is 1. The number of carbonyl (C=O) groups is 1. The number of hydrogen-bond acceptors (Lipinski definition) is 4. The molecule has 1 atom stereocenters. The Morgan fingerprint density at radius 2 is 2.11 bits per heavy atom. The molecule has 0 radical (unpaired) electrons. The number of aromatic nitrogens is 3. The highest BCUT2D eigenvalue weighted by Gasteiger charge is 2.26. The maximum absolute atomic E-state index is 12.1. The Morgan fingerprint density at radius 1 is 1.32 bits per heavy atom. The maximum Gasteiger partial charge on any atom is 0.275 e. The molecule has 2 aliphatic carbocycles. The number of hydrogen-bond donors (Lipinski definition) is 2. The lowest BCUT2D eigenvalue weighted by Gasteiger charge is -2.24. The fourth-order valence-corrected chi connectivity index (χ4v) is 5.12. The van der Waals surface area contributed by atoms with Crippen molar-refractivity contribution in [1.29, 1.82) is 0 Å². The minimum atomic E-state index is 0.122. The molecule has 2 saturated carbocycles. The first-order valence-corrected chi connectivity index (χ1v) is 11.7. The Kier molecular flexibility index (Phi) is 6.28. The van der Waals surface area contributed by atoms with Crippen molar-refractivity contribution in [3.05, 3.63) is 33.0 Å². The Balaban J connectivity index is 1.51. The van der Waals surface area contributed by atoms with Gasteiger partial charge in [-0.3, -0.25) is 4.79 Å². The lowest BCUT2D eigenvalue weighted by atomic mass is 9.95. The highest BCUT2D eigenvalue weighted by molar-refractivity contribution is 7.71. The topological polar surface area (TPSA) is 56.3 Å². The van der Waals surface area contributed by atoms with E-state index in [0.717, 1.165) is 34.8 Å². The fraction of sp³-hybridized carbons (Fsp3) is 0.650. The molecule has 8 heteroatoms. The van der Waals surface area contributed by atoms with Crippen molar-refractivity contribution >= 4 is 29.5 Å². The number of quaternary nitrogens is 1. The van der Waals surface area contributed by atoms with Crippen LogP contribution < -0.4 is 10.2 Å². The third kappa shape index (κ3) is 4.90. The summed E-state index contributed by atoms with van der Waals surface area (Å²) in [5, 5.41) is 10.1. The second-order valence-corrected chi connectivity index (χ2v) is 9.65. The standard InChI is InChI=1S/C20H29N5OS2/c1-23(13-19(26)21-15-9-10-15)14-24-20(27)25(16-6-3-2-4-7-16)18(22-24)12-17-8-5-11-28-17/h5,8,11,15-16H,2-4,6-7,9-10,12-14H2,1H3,(H,21,26)/p+1. The molecule has 2 heterocycles. The molecular weight excluding hydrogens is 390 g/mol. The maximum atomic E-state index is 12.1. The van der Waals surface area contributed by atoms with E-state index in [4.69, 9.17) is 17.3 Å². The summed E-state index contributed by atoms with van der Waals surface area (Å²) in [6, 6.07) is 5.12. The molecule has 2 aromatic heterocycles. The molecule has 1 unspecified atom stereocenters. The largest absolute Gasteiger partial charge is 0.348 e. The predicted octanol–water partition coefficient (Wildman–Crippen LogP) is 2.32. The van der Waals surface area contributed by atoms with Gasteiger partial charge in [-0.25, -0.2) is 0 Å². The van der Waals surface area contributed by atoms with E-state index >= 15 is 0 Å². The Hall–Kier alpha value is -1.51. The third-order valence-corrected chi connectivity index (χ3v) is 6.90. The summed E-state index contributed by atoms with van der Waals surface area (Å²) in [7, 11) is 2.03. The summed E-state index contributed by atoms with van der Waals surface area (Å²) in [5.41, 5.74) is 0. The molecular formula is C20H30N5OS2+. The van der Waals surface area contributed by atoms with Gasteiger partial charge in [0, 0.05) is 23.4 Å². The van der Waals surface area contributed by atoms with E-state index in [9.17, 15) is 4.79 Å². The first kappa shape index (κ1) is 19.8. The summed E-state index contributed by atoms with van der Waals surface area (Å²) < 4.78 is 5.05. The van der Waals surface area contributed by atoms with E-state index in [-0.39, 0.29) is 5.91 Å². The molecule has 1 amide bonds. The molecule has 0 bridgehead atoms. The summed E-state index contributed by atoms with van der Waals surface area (Å²) in [5.74, 6) is 1.19. The lowest BCUT2D eigenvalue weighted by molar-refractivity contribution is -0.895. The van der Waals surface area contributed by atoms with Crippen molar-refractivity contribution in [3.8, 4) is 0 Å². The number of rotatable bonds is 8. The van der Waals surface area contributed by atoms with Gasteiger partial charge in [0.05, 0.1) is 7.05 Å². The van der Waals surface area contributed by atoms with Crippen LogP contribution in [-0.2, 0) is 17.9 Å². The second-order valence-electron chi connectivity index (χ2n) is 8.25. The molecule has 2 aromatic rings. The highest BCUT2D eigenvalue weighted by Crippen LogP contribution is 2.30. The Bertz CT molecular complexity index is 847. The van der Waals surface area contributed by atoms with Gasteiger partial charge < -0.3 is 14.8 Å². The Labute approximate surface area is 175 Å². The summed E-state index contributed by atoms with van der Waals surface area (Å²) >= 11 is 7.62. The summed E-state index contributed by atoms with van der Waals surface area (Å²) in [6.45, 7) is 1.07. The molecule has 28 heavy (non-hydrogen) atoms. The average Bonchev–Trinajstić information content (AvgIpc) is 3.22. The third-order valence-electron chi connectivity index (χ3n) is 5.62. The number of likely N-dealkylation sites (N-methyl/N-ethyl adjacent to an activating group) is 1. The second kappa shape index (κ2) is 8.88. The zero-order valence-corrected chi connectivity index (χ0v) is 18.2. The van der Waals surface area contributed by atoms with E-state index < -0.39 is 0 Å². The summed E-state index contributed by atoms with van der Waals surface area (Å²) in [4.78, 5) is 14.5. The van der Waals surface area contributed by atoms with Crippen molar-refractivity contribution < 1.29 is 9.69 Å². The van der Waals surface area contributed by atoms with Gasteiger partial charge in [0.25, 0.3) is 5.91 Å². The van der Waals surface area contributed by atoms with Gasteiger partial charge >= 0.3 is 0 Å². The fourth-order valence-electron chi connectivity index (χ4n) is 4.06. The van der Waals surface area contributed by atoms with Crippen molar-refractivity contribution in [3.63, 3.8) is 0 Å². The molecule has 2 aliphatic rings. The van der Waals surface area contributed by atoms with Crippen LogP contribution in [0.4, 0.5) is 0 Å².